The van der Waals surface area contributed by atoms with E-state index in [4.69, 9.17) is 14.2 Å². The van der Waals surface area contributed by atoms with E-state index in [1.807, 2.05) is 56.3 Å². The Kier molecular flexibility index (Phi) is 7.53. The third-order valence-corrected chi connectivity index (χ3v) is 4.16. The quantitative estimate of drug-likeness (QED) is 0.419. The Labute approximate surface area is 180 Å². The molecule has 0 radical (unpaired) electrons. The molecule has 8 nitrogen and oxygen atoms in total. The Hall–Kier alpha value is -3.94. The summed E-state index contributed by atoms with van der Waals surface area (Å²) in [5.41, 5.74) is 4.76. The number of nitrogens with zero attached hydrogens (tertiary/aromatic N) is 3. The van der Waals surface area contributed by atoms with Gasteiger partial charge in [-0.15, -0.1) is 0 Å². The monoisotopic (exact) mass is 420 g/mol. The summed E-state index contributed by atoms with van der Waals surface area (Å²) in [4.78, 5) is 20.9. The first-order valence-corrected chi connectivity index (χ1v) is 9.83. The molecule has 0 aliphatic carbocycles. The predicted molar refractivity (Wildman–Crippen MR) is 118 cm³/mol. The molecular formula is C23H24N4O4. The molecule has 0 aliphatic heterocycles. The van der Waals surface area contributed by atoms with Crippen LogP contribution in [-0.4, -0.2) is 42.4 Å². The number of carbonyl (C=O) groups excluding carboxylic acids is 1. The summed E-state index contributed by atoms with van der Waals surface area (Å²) < 4.78 is 16.2. The number of aromatic nitrogens is 2. The largest absolute Gasteiger partial charge is 0.497 e. The van der Waals surface area contributed by atoms with E-state index in [-0.39, 0.29) is 5.69 Å². The SMILES string of the molecule is CCOc1cc(C=NNC(=O)c2cncc(-c3ccc(OC)cc3)n2)cc(OCC)c1. The van der Waals surface area contributed by atoms with Gasteiger partial charge < -0.3 is 14.2 Å². The van der Waals surface area contributed by atoms with Gasteiger partial charge >= 0.3 is 0 Å². The van der Waals surface area contributed by atoms with E-state index in [1.54, 1.807) is 13.3 Å². The summed E-state index contributed by atoms with van der Waals surface area (Å²) in [6.45, 7) is 4.88. The summed E-state index contributed by atoms with van der Waals surface area (Å²) in [5.74, 6) is 1.60. The van der Waals surface area contributed by atoms with Gasteiger partial charge in [0, 0.05) is 17.2 Å². The fourth-order valence-corrected chi connectivity index (χ4v) is 2.77. The van der Waals surface area contributed by atoms with Gasteiger partial charge in [-0.3, -0.25) is 9.78 Å². The molecule has 0 unspecified atom stereocenters. The molecule has 0 saturated heterocycles. The van der Waals surface area contributed by atoms with Gasteiger partial charge in [0.1, 0.15) is 22.9 Å². The van der Waals surface area contributed by atoms with E-state index < -0.39 is 5.91 Å². The number of methoxy groups -OCH3 is 1. The molecule has 1 N–H and O–H groups in total. The van der Waals surface area contributed by atoms with Crippen LogP contribution in [0.4, 0.5) is 0 Å². The standard InChI is InChI=1S/C23H24N4O4/c1-4-30-19-10-16(11-20(12-19)31-5-2)13-25-27-23(28)22-15-24-14-21(26-22)17-6-8-18(29-3)9-7-17/h6-15H,4-5H2,1-3H3,(H,27,28). The summed E-state index contributed by atoms with van der Waals surface area (Å²) >= 11 is 0. The Balaban J connectivity index is 1.71. The first-order valence-electron chi connectivity index (χ1n) is 9.83. The molecule has 2 aromatic carbocycles. The maximum atomic E-state index is 12.5. The second-order valence-corrected chi connectivity index (χ2v) is 6.32. The molecule has 1 aromatic heterocycles. The van der Waals surface area contributed by atoms with Gasteiger partial charge in [-0.25, -0.2) is 10.4 Å². The number of amides is 1. The van der Waals surface area contributed by atoms with Crippen molar-refractivity contribution in [3.05, 3.63) is 66.1 Å². The molecular weight excluding hydrogens is 396 g/mol. The van der Waals surface area contributed by atoms with Crippen LogP contribution in [0, 0.1) is 0 Å². The maximum Gasteiger partial charge on any atom is 0.291 e. The maximum absolute atomic E-state index is 12.5. The number of carbonyl (C=O) groups is 1. The van der Waals surface area contributed by atoms with Crippen LogP contribution in [0.1, 0.15) is 29.9 Å². The van der Waals surface area contributed by atoms with Crippen molar-refractivity contribution in [2.75, 3.05) is 20.3 Å². The molecule has 0 bridgehead atoms. The Bertz CT molecular complexity index is 1030. The van der Waals surface area contributed by atoms with Crippen molar-refractivity contribution in [2.45, 2.75) is 13.8 Å². The topological polar surface area (TPSA) is 94.9 Å². The minimum absolute atomic E-state index is 0.156. The normalized spacial score (nSPS) is 10.7. The Morgan fingerprint density at radius 1 is 1.00 bits per heavy atom. The molecule has 31 heavy (non-hydrogen) atoms. The van der Waals surface area contributed by atoms with Crippen LogP contribution >= 0.6 is 0 Å². The van der Waals surface area contributed by atoms with E-state index in [0.29, 0.717) is 30.4 Å². The van der Waals surface area contributed by atoms with Gasteiger partial charge in [-0.05, 0) is 50.2 Å². The van der Waals surface area contributed by atoms with Crippen LogP contribution in [0.3, 0.4) is 0 Å². The lowest BCUT2D eigenvalue weighted by Crippen LogP contribution is -2.19. The molecule has 8 heteroatoms. The summed E-state index contributed by atoms with van der Waals surface area (Å²) in [7, 11) is 1.60. The lowest BCUT2D eigenvalue weighted by Gasteiger charge is -2.08. The first-order chi connectivity index (χ1) is 15.1. The van der Waals surface area contributed by atoms with Gasteiger partial charge in [0.25, 0.3) is 5.91 Å². The summed E-state index contributed by atoms with van der Waals surface area (Å²) in [6, 6.07) is 12.8. The summed E-state index contributed by atoms with van der Waals surface area (Å²) in [6.07, 6.45) is 4.50. The van der Waals surface area contributed by atoms with Crippen LogP contribution in [0.25, 0.3) is 11.3 Å². The second kappa shape index (κ2) is 10.7. The lowest BCUT2D eigenvalue weighted by molar-refractivity contribution is 0.0950. The molecule has 3 aromatic rings. The van der Waals surface area contributed by atoms with E-state index in [9.17, 15) is 4.79 Å². The van der Waals surface area contributed by atoms with Crippen LogP contribution in [-0.2, 0) is 0 Å². The Morgan fingerprint density at radius 3 is 2.29 bits per heavy atom. The zero-order chi connectivity index (χ0) is 22.1. The van der Waals surface area contributed by atoms with Gasteiger partial charge in [0.2, 0.25) is 0 Å². The highest BCUT2D eigenvalue weighted by molar-refractivity contribution is 5.93. The van der Waals surface area contributed by atoms with Crippen molar-refractivity contribution in [3.8, 4) is 28.5 Å². The van der Waals surface area contributed by atoms with Gasteiger partial charge in [-0.2, -0.15) is 5.10 Å². The smallest absolute Gasteiger partial charge is 0.291 e. The van der Waals surface area contributed by atoms with Crippen molar-refractivity contribution in [3.63, 3.8) is 0 Å². The highest BCUT2D eigenvalue weighted by atomic mass is 16.5. The van der Waals surface area contributed by atoms with E-state index in [1.165, 1.54) is 12.4 Å². The van der Waals surface area contributed by atoms with Crippen molar-refractivity contribution in [1.29, 1.82) is 0 Å². The molecule has 0 fully saturated rings. The molecule has 0 aliphatic rings. The minimum atomic E-state index is -0.467. The molecule has 1 heterocycles. The Morgan fingerprint density at radius 2 is 1.68 bits per heavy atom. The first kappa shape index (κ1) is 21.8. The molecule has 0 spiro atoms. The van der Waals surface area contributed by atoms with Gasteiger partial charge in [0.15, 0.2) is 0 Å². The van der Waals surface area contributed by atoms with Crippen LogP contribution in [0.2, 0.25) is 0 Å². The number of benzene rings is 2. The third kappa shape index (κ3) is 6.02. The number of hydrogen-bond donors (Lipinski definition) is 1. The van der Waals surface area contributed by atoms with Gasteiger partial charge in [-0.1, -0.05) is 0 Å². The van der Waals surface area contributed by atoms with Crippen molar-refractivity contribution >= 4 is 12.1 Å². The van der Waals surface area contributed by atoms with Gasteiger partial charge in [0.05, 0.1) is 44.6 Å². The average Bonchev–Trinajstić information content (AvgIpc) is 2.79. The molecule has 0 saturated carbocycles. The molecule has 3 rings (SSSR count). The van der Waals surface area contributed by atoms with Crippen LogP contribution in [0.15, 0.2) is 60.0 Å². The number of hydrogen-bond acceptors (Lipinski definition) is 7. The fraction of sp³-hybridized carbons (Fsp3) is 0.217. The highest BCUT2D eigenvalue weighted by Gasteiger charge is 2.09. The fourth-order valence-electron chi connectivity index (χ4n) is 2.77. The van der Waals surface area contributed by atoms with E-state index in [2.05, 4.69) is 20.5 Å². The number of hydrazone groups is 1. The average molecular weight is 420 g/mol. The second-order valence-electron chi connectivity index (χ2n) is 6.32. The number of rotatable bonds is 9. The molecule has 0 atom stereocenters. The van der Waals surface area contributed by atoms with E-state index >= 15 is 0 Å². The van der Waals surface area contributed by atoms with Crippen LogP contribution in [0.5, 0.6) is 17.2 Å². The van der Waals surface area contributed by atoms with Crippen molar-refractivity contribution in [1.82, 2.24) is 15.4 Å². The predicted octanol–water partition coefficient (Wildman–Crippen LogP) is 3.71. The molecule has 160 valence electrons. The van der Waals surface area contributed by atoms with Crippen molar-refractivity contribution < 1.29 is 19.0 Å². The number of nitrogens with one attached hydrogen (secondary N) is 1. The third-order valence-electron chi connectivity index (χ3n) is 4.16. The van der Waals surface area contributed by atoms with Crippen LogP contribution < -0.4 is 19.6 Å². The highest BCUT2D eigenvalue weighted by Crippen LogP contribution is 2.22. The zero-order valence-corrected chi connectivity index (χ0v) is 17.7. The lowest BCUT2D eigenvalue weighted by atomic mass is 10.1. The summed E-state index contributed by atoms with van der Waals surface area (Å²) in [5, 5.41) is 4.03. The zero-order valence-electron chi connectivity index (χ0n) is 17.7. The molecule has 1 amide bonds. The minimum Gasteiger partial charge on any atom is -0.497 e. The van der Waals surface area contributed by atoms with E-state index in [0.717, 1.165) is 16.9 Å². The number of ether oxygens (including phenoxy) is 3. The van der Waals surface area contributed by atoms with Crippen molar-refractivity contribution in [2.24, 2.45) is 5.10 Å².